The van der Waals surface area contributed by atoms with Crippen LogP contribution in [0.4, 0.5) is 0 Å². The third-order valence-electron chi connectivity index (χ3n) is 3.97. The fourth-order valence-electron chi connectivity index (χ4n) is 2.93. The molecule has 18 heavy (non-hydrogen) atoms. The van der Waals surface area contributed by atoms with Crippen LogP contribution in [0.5, 0.6) is 0 Å². The maximum absolute atomic E-state index is 5.55. The number of nitrogens with one attached hydrogen (secondary N) is 1. The van der Waals surface area contributed by atoms with Gasteiger partial charge < -0.3 is 15.0 Å². The lowest BCUT2D eigenvalue weighted by Crippen LogP contribution is -2.49. The van der Waals surface area contributed by atoms with Gasteiger partial charge in [-0.25, -0.2) is 0 Å². The molecule has 0 saturated carbocycles. The third-order valence-corrected chi connectivity index (χ3v) is 3.97. The second-order valence-corrected chi connectivity index (χ2v) is 6.56. The molecule has 0 aliphatic carbocycles. The Balaban J connectivity index is 2.66. The fraction of sp³-hybridized carbons (Fsp3) is 1.00. The van der Waals surface area contributed by atoms with Crippen LogP contribution in [0.2, 0.25) is 0 Å². The molecule has 1 aliphatic heterocycles. The van der Waals surface area contributed by atoms with Crippen LogP contribution in [0.1, 0.15) is 40.5 Å². The fourth-order valence-corrected chi connectivity index (χ4v) is 2.93. The Morgan fingerprint density at radius 2 is 1.78 bits per heavy atom. The summed E-state index contributed by atoms with van der Waals surface area (Å²) in [7, 11) is 2.07. The molecule has 0 amide bonds. The highest BCUT2D eigenvalue weighted by molar-refractivity contribution is 4.88. The average molecular weight is 256 g/mol. The predicted octanol–water partition coefficient (Wildman–Crippen LogP) is 2.37. The van der Waals surface area contributed by atoms with Gasteiger partial charge in [0.1, 0.15) is 0 Å². The van der Waals surface area contributed by atoms with E-state index in [2.05, 4.69) is 45.0 Å². The predicted molar refractivity (Wildman–Crippen MR) is 78.0 cm³/mol. The van der Waals surface area contributed by atoms with E-state index in [1.54, 1.807) is 0 Å². The van der Waals surface area contributed by atoms with Crippen molar-refractivity contribution in [2.75, 3.05) is 39.9 Å². The van der Waals surface area contributed by atoms with Crippen LogP contribution < -0.4 is 5.32 Å². The first-order chi connectivity index (χ1) is 8.49. The molecule has 3 nitrogen and oxygen atoms in total. The van der Waals surface area contributed by atoms with E-state index >= 15 is 0 Å². The molecule has 0 bridgehead atoms. The molecule has 1 N–H and O–H groups in total. The smallest absolute Gasteiger partial charge is 0.0472 e. The minimum absolute atomic E-state index is 0.409. The van der Waals surface area contributed by atoms with Crippen molar-refractivity contribution in [3.05, 3.63) is 0 Å². The minimum atomic E-state index is 0.409. The van der Waals surface area contributed by atoms with Gasteiger partial charge in [-0.15, -0.1) is 0 Å². The summed E-state index contributed by atoms with van der Waals surface area (Å²) in [6, 6.07) is 0.629. The van der Waals surface area contributed by atoms with E-state index in [0.29, 0.717) is 11.5 Å². The first-order valence-corrected chi connectivity index (χ1v) is 7.45. The first kappa shape index (κ1) is 15.9. The van der Waals surface area contributed by atoms with Crippen LogP contribution in [0.25, 0.3) is 0 Å². The SMILES string of the molecule is CNCC1(CN(CC(C)C)C(C)C)CCOCC1. The summed E-state index contributed by atoms with van der Waals surface area (Å²) in [5.41, 5.74) is 0.409. The molecule has 3 heteroatoms. The topological polar surface area (TPSA) is 24.5 Å². The van der Waals surface area contributed by atoms with Gasteiger partial charge in [0, 0.05) is 38.9 Å². The largest absolute Gasteiger partial charge is 0.381 e. The lowest BCUT2D eigenvalue weighted by Gasteiger charge is -2.43. The van der Waals surface area contributed by atoms with Gasteiger partial charge in [-0.1, -0.05) is 13.8 Å². The average Bonchev–Trinajstić information content (AvgIpc) is 2.29. The van der Waals surface area contributed by atoms with Gasteiger partial charge in [0.25, 0.3) is 0 Å². The Hall–Kier alpha value is -0.120. The zero-order valence-corrected chi connectivity index (χ0v) is 13.0. The van der Waals surface area contributed by atoms with Gasteiger partial charge in [0.2, 0.25) is 0 Å². The summed E-state index contributed by atoms with van der Waals surface area (Å²) < 4.78 is 5.55. The van der Waals surface area contributed by atoms with Crippen molar-refractivity contribution in [3.8, 4) is 0 Å². The Labute approximate surface area is 113 Å². The zero-order valence-electron chi connectivity index (χ0n) is 13.0. The second-order valence-electron chi connectivity index (χ2n) is 6.56. The maximum atomic E-state index is 5.55. The van der Waals surface area contributed by atoms with Crippen LogP contribution in [-0.2, 0) is 4.74 Å². The molecular formula is C15H32N2O. The number of nitrogens with zero attached hydrogens (tertiary/aromatic N) is 1. The van der Waals surface area contributed by atoms with Crippen molar-refractivity contribution in [2.24, 2.45) is 11.3 Å². The van der Waals surface area contributed by atoms with E-state index in [1.165, 1.54) is 25.9 Å². The lowest BCUT2D eigenvalue weighted by molar-refractivity contribution is -0.0106. The van der Waals surface area contributed by atoms with E-state index in [9.17, 15) is 0 Å². The van der Waals surface area contributed by atoms with E-state index in [0.717, 1.165) is 25.7 Å². The van der Waals surface area contributed by atoms with Crippen molar-refractivity contribution in [1.82, 2.24) is 10.2 Å². The van der Waals surface area contributed by atoms with Crippen LogP contribution in [0.15, 0.2) is 0 Å². The molecule has 108 valence electrons. The quantitative estimate of drug-likeness (QED) is 0.757. The molecule has 1 heterocycles. The van der Waals surface area contributed by atoms with Gasteiger partial charge in [0.15, 0.2) is 0 Å². The summed E-state index contributed by atoms with van der Waals surface area (Å²) >= 11 is 0. The van der Waals surface area contributed by atoms with Crippen molar-refractivity contribution in [2.45, 2.75) is 46.6 Å². The summed E-state index contributed by atoms with van der Waals surface area (Å²) in [6.45, 7) is 14.6. The molecule has 0 aromatic heterocycles. The number of hydrogen-bond acceptors (Lipinski definition) is 3. The van der Waals surface area contributed by atoms with Gasteiger partial charge in [-0.05, 0) is 45.1 Å². The van der Waals surface area contributed by atoms with Gasteiger partial charge in [0.05, 0.1) is 0 Å². The molecule has 0 aromatic carbocycles. The maximum Gasteiger partial charge on any atom is 0.0472 e. The van der Waals surface area contributed by atoms with Gasteiger partial charge >= 0.3 is 0 Å². The van der Waals surface area contributed by atoms with Crippen molar-refractivity contribution >= 4 is 0 Å². The Morgan fingerprint density at radius 3 is 2.22 bits per heavy atom. The Morgan fingerprint density at radius 1 is 1.17 bits per heavy atom. The Kier molecular flexibility index (Phi) is 6.61. The summed E-state index contributed by atoms with van der Waals surface area (Å²) in [6.07, 6.45) is 2.38. The van der Waals surface area contributed by atoms with Crippen LogP contribution >= 0.6 is 0 Å². The molecule has 0 unspecified atom stereocenters. The first-order valence-electron chi connectivity index (χ1n) is 7.45. The lowest BCUT2D eigenvalue weighted by atomic mass is 9.79. The molecule has 0 atom stereocenters. The standard InChI is InChI=1S/C15H32N2O/c1-13(2)10-17(14(3)4)12-15(11-16-5)6-8-18-9-7-15/h13-14,16H,6-12H2,1-5H3. The highest BCUT2D eigenvalue weighted by Crippen LogP contribution is 2.31. The number of hydrogen-bond donors (Lipinski definition) is 1. The van der Waals surface area contributed by atoms with E-state index in [4.69, 9.17) is 4.74 Å². The van der Waals surface area contributed by atoms with Crippen molar-refractivity contribution < 1.29 is 4.74 Å². The molecule has 1 rings (SSSR count). The molecule has 0 radical (unpaired) electrons. The molecule has 1 fully saturated rings. The van der Waals surface area contributed by atoms with Crippen LogP contribution in [0, 0.1) is 11.3 Å². The van der Waals surface area contributed by atoms with E-state index in [1.807, 2.05) is 0 Å². The van der Waals surface area contributed by atoms with Gasteiger partial charge in [-0.3, -0.25) is 0 Å². The highest BCUT2D eigenvalue weighted by atomic mass is 16.5. The van der Waals surface area contributed by atoms with Gasteiger partial charge in [-0.2, -0.15) is 0 Å². The highest BCUT2D eigenvalue weighted by Gasteiger charge is 2.34. The third kappa shape index (κ3) is 4.87. The minimum Gasteiger partial charge on any atom is -0.381 e. The van der Waals surface area contributed by atoms with Crippen LogP contribution in [0.3, 0.4) is 0 Å². The van der Waals surface area contributed by atoms with Crippen LogP contribution in [-0.4, -0.2) is 50.8 Å². The summed E-state index contributed by atoms with van der Waals surface area (Å²) in [5.74, 6) is 0.735. The van der Waals surface area contributed by atoms with Crippen molar-refractivity contribution in [3.63, 3.8) is 0 Å². The Bertz CT molecular complexity index is 217. The molecule has 1 saturated heterocycles. The summed E-state index contributed by atoms with van der Waals surface area (Å²) in [5, 5.41) is 3.39. The molecular weight excluding hydrogens is 224 g/mol. The van der Waals surface area contributed by atoms with E-state index < -0.39 is 0 Å². The van der Waals surface area contributed by atoms with E-state index in [-0.39, 0.29) is 0 Å². The monoisotopic (exact) mass is 256 g/mol. The second kappa shape index (κ2) is 7.46. The molecule has 1 aliphatic rings. The number of rotatable bonds is 7. The normalized spacial score (nSPS) is 20.0. The van der Waals surface area contributed by atoms with Crippen molar-refractivity contribution in [1.29, 1.82) is 0 Å². The zero-order chi connectivity index (χ0) is 13.6. The summed E-state index contributed by atoms with van der Waals surface area (Å²) in [4.78, 5) is 2.65. The molecule has 0 spiro atoms. The molecule has 0 aromatic rings. The number of ether oxygens (including phenoxy) is 1.